The molecule has 0 spiro atoms. The van der Waals surface area contributed by atoms with Crippen LogP contribution in [0.2, 0.25) is 0 Å². The van der Waals surface area contributed by atoms with Gasteiger partial charge in [0.1, 0.15) is 6.61 Å². The number of aromatic nitrogens is 1. The van der Waals surface area contributed by atoms with Gasteiger partial charge in [-0.1, -0.05) is 37.3 Å². The van der Waals surface area contributed by atoms with Crippen LogP contribution >= 0.6 is 0 Å². The van der Waals surface area contributed by atoms with E-state index in [0.717, 1.165) is 34.0 Å². The van der Waals surface area contributed by atoms with Crippen LogP contribution in [0.4, 0.5) is 5.69 Å². The molecule has 2 aromatic carbocycles. The SMILES string of the molecule is CCCC(=O)OCc1ccc(CC(=O)Nc2ccc3cnccc3c2)cc1. The molecule has 0 radical (unpaired) electrons. The Morgan fingerprint density at radius 1 is 1.00 bits per heavy atom. The van der Waals surface area contributed by atoms with Gasteiger partial charge in [-0.2, -0.15) is 0 Å². The lowest BCUT2D eigenvalue weighted by molar-refractivity contribution is -0.145. The molecule has 138 valence electrons. The Kier molecular flexibility index (Phi) is 6.15. The lowest BCUT2D eigenvalue weighted by Crippen LogP contribution is -2.14. The third kappa shape index (κ3) is 5.38. The molecule has 5 heteroatoms. The summed E-state index contributed by atoms with van der Waals surface area (Å²) in [6, 6.07) is 15.2. The number of nitrogens with zero attached hydrogens (tertiary/aromatic N) is 1. The van der Waals surface area contributed by atoms with Crippen LogP contribution in [-0.2, 0) is 27.4 Å². The smallest absolute Gasteiger partial charge is 0.306 e. The van der Waals surface area contributed by atoms with E-state index in [0.29, 0.717) is 6.42 Å². The maximum absolute atomic E-state index is 12.3. The second kappa shape index (κ2) is 8.94. The topological polar surface area (TPSA) is 68.3 Å². The predicted octanol–water partition coefficient (Wildman–Crippen LogP) is 4.26. The van der Waals surface area contributed by atoms with Gasteiger partial charge in [-0.25, -0.2) is 0 Å². The maximum Gasteiger partial charge on any atom is 0.306 e. The molecule has 0 fully saturated rings. The number of carbonyl (C=O) groups is 2. The summed E-state index contributed by atoms with van der Waals surface area (Å²) in [6.45, 7) is 2.20. The van der Waals surface area contributed by atoms with Gasteiger partial charge in [0.15, 0.2) is 0 Å². The van der Waals surface area contributed by atoms with E-state index in [1.54, 1.807) is 12.4 Å². The second-order valence-electron chi connectivity index (χ2n) is 6.39. The van der Waals surface area contributed by atoms with Crippen molar-refractivity contribution in [2.24, 2.45) is 0 Å². The summed E-state index contributed by atoms with van der Waals surface area (Å²) < 4.78 is 5.18. The Hall–Kier alpha value is -3.21. The average Bonchev–Trinajstić information content (AvgIpc) is 2.67. The number of pyridine rings is 1. The van der Waals surface area contributed by atoms with Gasteiger partial charge in [-0.3, -0.25) is 14.6 Å². The summed E-state index contributed by atoms with van der Waals surface area (Å²) in [4.78, 5) is 27.8. The van der Waals surface area contributed by atoms with Crippen molar-refractivity contribution in [3.05, 3.63) is 72.1 Å². The van der Waals surface area contributed by atoms with E-state index < -0.39 is 0 Å². The molecular weight excluding hydrogens is 340 g/mol. The Morgan fingerprint density at radius 3 is 2.56 bits per heavy atom. The van der Waals surface area contributed by atoms with E-state index in [9.17, 15) is 9.59 Å². The summed E-state index contributed by atoms with van der Waals surface area (Å²) in [6.07, 6.45) is 5.02. The van der Waals surface area contributed by atoms with Crippen LogP contribution in [0.25, 0.3) is 10.8 Å². The van der Waals surface area contributed by atoms with E-state index in [1.807, 2.05) is 55.5 Å². The number of ether oxygens (including phenoxy) is 1. The molecular formula is C22H22N2O3. The Balaban J connectivity index is 1.54. The summed E-state index contributed by atoms with van der Waals surface area (Å²) >= 11 is 0. The van der Waals surface area contributed by atoms with E-state index in [4.69, 9.17) is 4.74 Å². The molecule has 0 saturated carbocycles. The number of hydrogen-bond acceptors (Lipinski definition) is 4. The Labute approximate surface area is 158 Å². The highest BCUT2D eigenvalue weighted by molar-refractivity contribution is 5.95. The van der Waals surface area contributed by atoms with Crippen molar-refractivity contribution in [2.75, 3.05) is 5.32 Å². The normalized spacial score (nSPS) is 10.6. The first-order chi connectivity index (χ1) is 13.1. The third-order valence-electron chi connectivity index (χ3n) is 4.17. The minimum Gasteiger partial charge on any atom is -0.461 e. The van der Waals surface area contributed by atoms with E-state index in [-0.39, 0.29) is 24.9 Å². The number of esters is 1. The quantitative estimate of drug-likeness (QED) is 0.638. The molecule has 3 aromatic rings. The summed E-state index contributed by atoms with van der Waals surface area (Å²) in [5, 5.41) is 4.99. The molecule has 1 heterocycles. The molecule has 27 heavy (non-hydrogen) atoms. The lowest BCUT2D eigenvalue weighted by Gasteiger charge is -2.08. The first-order valence-corrected chi connectivity index (χ1v) is 9.01. The number of benzene rings is 2. The largest absolute Gasteiger partial charge is 0.461 e. The Morgan fingerprint density at radius 2 is 1.78 bits per heavy atom. The van der Waals surface area contributed by atoms with Crippen LogP contribution in [0.3, 0.4) is 0 Å². The van der Waals surface area contributed by atoms with E-state index in [2.05, 4.69) is 10.3 Å². The zero-order valence-corrected chi connectivity index (χ0v) is 15.3. The van der Waals surface area contributed by atoms with Crippen molar-refractivity contribution in [2.45, 2.75) is 32.8 Å². The van der Waals surface area contributed by atoms with Crippen LogP contribution in [0.15, 0.2) is 60.9 Å². The highest BCUT2D eigenvalue weighted by Crippen LogP contribution is 2.18. The highest BCUT2D eigenvalue weighted by Gasteiger charge is 2.06. The number of carbonyl (C=O) groups excluding carboxylic acids is 2. The van der Waals surface area contributed by atoms with Gasteiger partial charge in [-0.15, -0.1) is 0 Å². The summed E-state index contributed by atoms with van der Waals surface area (Å²) in [5.74, 6) is -0.266. The van der Waals surface area contributed by atoms with Gasteiger partial charge in [0, 0.05) is 29.9 Å². The van der Waals surface area contributed by atoms with Crippen molar-refractivity contribution in [1.29, 1.82) is 0 Å². The number of amides is 1. The van der Waals surface area contributed by atoms with Gasteiger partial charge >= 0.3 is 5.97 Å². The first kappa shape index (κ1) is 18.6. The van der Waals surface area contributed by atoms with Gasteiger partial charge in [0.05, 0.1) is 6.42 Å². The molecule has 0 atom stereocenters. The minimum absolute atomic E-state index is 0.0782. The zero-order chi connectivity index (χ0) is 19.1. The van der Waals surface area contributed by atoms with Crippen molar-refractivity contribution in [3.8, 4) is 0 Å². The third-order valence-corrected chi connectivity index (χ3v) is 4.17. The summed E-state index contributed by atoms with van der Waals surface area (Å²) in [7, 11) is 0. The number of fused-ring (bicyclic) bond motifs is 1. The number of anilines is 1. The molecule has 5 nitrogen and oxygen atoms in total. The molecule has 0 saturated heterocycles. The van der Waals surface area contributed by atoms with Crippen LogP contribution < -0.4 is 5.32 Å². The van der Waals surface area contributed by atoms with E-state index in [1.165, 1.54) is 0 Å². The zero-order valence-electron chi connectivity index (χ0n) is 15.3. The Bertz CT molecular complexity index is 936. The molecule has 1 N–H and O–H groups in total. The van der Waals surface area contributed by atoms with Gasteiger partial charge in [0.25, 0.3) is 0 Å². The molecule has 3 rings (SSSR count). The monoisotopic (exact) mass is 362 g/mol. The number of rotatable bonds is 7. The predicted molar refractivity (Wildman–Crippen MR) is 105 cm³/mol. The average molecular weight is 362 g/mol. The number of nitrogens with one attached hydrogen (secondary N) is 1. The van der Waals surface area contributed by atoms with Crippen molar-refractivity contribution < 1.29 is 14.3 Å². The fourth-order valence-electron chi connectivity index (χ4n) is 2.75. The molecule has 1 amide bonds. The standard InChI is InChI=1S/C22H22N2O3/c1-2-3-22(26)27-15-17-6-4-16(5-7-17)12-21(25)24-20-9-8-19-14-23-11-10-18(19)13-20/h4-11,13-14H,2-3,12,15H2,1H3,(H,24,25). The van der Waals surface area contributed by atoms with Crippen molar-refractivity contribution in [1.82, 2.24) is 4.98 Å². The summed E-state index contributed by atoms with van der Waals surface area (Å²) in [5.41, 5.74) is 2.58. The molecule has 0 unspecified atom stereocenters. The fraction of sp³-hybridized carbons (Fsp3) is 0.227. The molecule has 1 aromatic heterocycles. The molecule has 0 aliphatic rings. The van der Waals surface area contributed by atoms with Crippen molar-refractivity contribution in [3.63, 3.8) is 0 Å². The van der Waals surface area contributed by atoms with Gasteiger partial charge in [0.2, 0.25) is 5.91 Å². The van der Waals surface area contributed by atoms with Crippen LogP contribution in [-0.4, -0.2) is 16.9 Å². The molecule has 0 aliphatic carbocycles. The fourth-order valence-corrected chi connectivity index (χ4v) is 2.75. The highest BCUT2D eigenvalue weighted by atomic mass is 16.5. The number of hydrogen-bond donors (Lipinski definition) is 1. The maximum atomic E-state index is 12.3. The molecule has 0 aliphatic heterocycles. The van der Waals surface area contributed by atoms with Crippen molar-refractivity contribution >= 4 is 28.3 Å². The van der Waals surface area contributed by atoms with Crippen LogP contribution in [0, 0.1) is 0 Å². The molecule has 0 bridgehead atoms. The van der Waals surface area contributed by atoms with E-state index >= 15 is 0 Å². The first-order valence-electron chi connectivity index (χ1n) is 9.01. The van der Waals surface area contributed by atoms with Gasteiger partial charge < -0.3 is 10.1 Å². The lowest BCUT2D eigenvalue weighted by atomic mass is 10.1. The second-order valence-corrected chi connectivity index (χ2v) is 6.39. The minimum atomic E-state index is -0.188. The van der Waals surface area contributed by atoms with Gasteiger partial charge in [-0.05, 0) is 41.1 Å². The van der Waals surface area contributed by atoms with Crippen LogP contribution in [0.1, 0.15) is 30.9 Å². The van der Waals surface area contributed by atoms with Crippen LogP contribution in [0.5, 0.6) is 0 Å².